The first-order chi connectivity index (χ1) is 8.90. The maximum atomic E-state index is 5.86. The lowest BCUT2D eigenvalue weighted by molar-refractivity contribution is 0.501. The molecule has 0 aliphatic rings. The van der Waals surface area contributed by atoms with Crippen LogP contribution in [0.3, 0.4) is 0 Å². The van der Waals surface area contributed by atoms with Gasteiger partial charge in [-0.15, -0.1) is 24.0 Å². The molecule has 20 heavy (non-hydrogen) atoms. The smallest absolute Gasteiger partial charge is 0.191 e. The summed E-state index contributed by atoms with van der Waals surface area (Å²) in [5.41, 5.74) is 1.26. The Hall–Kier alpha value is -0.490. The Morgan fingerprint density at radius 1 is 1.20 bits per heavy atom. The van der Waals surface area contributed by atoms with Crippen molar-refractivity contribution in [2.75, 3.05) is 13.1 Å². The van der Waals surface area contributed by atoms with Gasteiger partial charge in [0.25, 0.3) is 0 Å². The van der Waals surface area contributed by atoms with Gasteiger partial charge in [0.1, 0.15) is 0 Å². The molecule has 0 fully saturated rings. The Balaban J connectivity index is 0.00000361. The van der Waals surface area contributed by atoms with Crippen LogP contribution >= 0.6 is 35.6 Å². The maximum Gasteiger partial charge on any atom is 0.191 e. The van der Waals surface area contributed by atoms with Crippen LogP contribution in [0.1, 0.15) is 33.3 Å². The van der Waals surface area contributed by atoms with Gasteiger partial charge in [0, 0.05) is 23.7 Å². The molecule has 0 unspecified atom stereocenters. The highest BCUT2D eigenvalue weighted by atomic mass is 127. The molecule has 5 heteroatoms. The summed E-state index contributed by atoms with van der Waals surface area (Å²) in [7, 11) is 0. The number of nitrogens with one attached hydrogen (secondary N) is 2. The van der Waals surface area contributed by atoms with Gasteiger partial charge >= 0.3 is 0 Å². The minimum Gasteiger partial charge on any atom is -0.357 e. The van der Waals surface area contributed by atoms with Crippen LogP contribution in [-0.4, -0.2) is 24.6 Å². The fourth-order valence-corrected chi connectivity index (χ4v) is 1.74. The van der Waals surface area contributed by atoms with Crippen molar-refractivity contribution in [1.82, 2.24) is 10.6 Å². The van der Waals surface area contributed by atoms with E-state index in [1.807, 2.05) is 24.3 Å². The number of hydrogen-bond acceptors (Lipinski definition) is 1. The highest BCUT2D eigenvalue weighted by Crippen LogP contribution is 2.09. The van der Waals surface area contributed by atoms with Crippen LogP contribution in [-0.2, 0) is 6.42 Å². The first-order valence-electron chi connectivity index (χ1n) is 6.71. The number of benzene rings is 1. The van der Waals surface area contributed by atoms with Crippen LogP contribution in [0.2, 0.25) is 5.02 Å². The quantitative estimate of drug-likeness (QED) is 0.450. The molecule has 2 N–H and O–H groups in total. The van der Waals surface area contributed by atoms with Gasteiger partial charge in [0.2, 0.25) is 0 Å². The third kappa shape index (κ3) is 8.64. The van der Waals surface area contributed by atoms with Gasteiger partial charge in [0.05, 0.1) is 0 Å². The van der Waals surface area contributed by atoms with Crippen LogP contribution < -0.4 is 10.6 Å². The molecule has 0 aliphatic heterocycles. The van der Waals surface area contributed by atoms with Crippen molar-refractivity contribution in [3.05, 3.63) is 34.9 Å². The van der Waals surface area contributed by atoms with Crippen molar-refractivity contribution in [2.24, 2.45) is 4.99 Å². The predicted octanol–water partition coefficient (Wildman–Crippen LogP) is 3.85. The van der Waals surface area contributed by atoms with Gasteiger partial charge in [0.15, 0.2) is 5.96 Å². The van der Waals surface area contributed by atoms with Gasteiger partial charge in [-0.05, 0) is 51.8 Å². The molecular formula is C15H25ClIN3. The second-order valence-electron chi connectivity index (χ2n) is 5.51. The Bertz CT molecular complexity index is 410. The average molecular weight is 410 g/mol. The average Bonchev–Trinajstić information content (AvgIpc) is 2.30. The summed E-state index contributed by atoms with van der Waals surface area (Å²) in [5.74, 6) is 0.865. The maximum absolute atomic E-state index is 5.86. The molecule has 0 aromatic heterocycles. The van der Waals surface area contributed by atoms with Gasteiger partial charge in [-0.25, -0.2) is 0 Å². The second-order valence-corrected chi connectivity index (χ2v) is 5.95. The summed E-state index contributed by atoms with van der Waals surface area (Å²) in [4.78, 5) is 4.58. The van der Waals surface area contributed by atoms with E-state index in [0.29, 0.717) is 0 Å². The first-order valence-corrected chi connectivity index (χ1v) is 7.09. The molecular weight excluding hydrogens is 385 g/mol. The van der Waals surface area contributed by atoms with Crippen LogP contribution in [0.15, 0.2) is 29.3 Å². The number of nitrogens with zero attached hydrogens (tertiary/aromatic N) is 1. The third-order valence-electron chi connectivity index (χ3n) is 2.42. The first kappa shape index (κ1) is 19.5. The highest BCUT2D eigenvalue weighted by Gasteiger charge is 2.11. The van der Waals surface area contributed by atoms with Crippen LogP contribution in [0.4, 0.5) is 0 Å². The minimum absolute atomic E-state index is 0. The lowest BCUT2D eigenvalue weighted by Gasteiger charge is -2.23. The van der Waals surface area contributed by atoms with E-state index >= 15 is 0 Å². The minimum atomic E-state index is 0. The fourth-order valence-electron chi connectivity index (χ4n) is 1.61. The molecule has 0 saturated carbocycles. The van der Waals surface area contributed by atoms with E-state index in [0.717, 1.165) is 30.5 Å². The third-order valence-corrected chi connectivity index (χ3v) is 2.67. The van der Waals surface area contributed by atoms with E-state index in [-0.39, 0.29) is 29.5 Å². The predicted molar refractivity (Wildman–Crippen MR) is 99.4 cm³/mol. The lowest BCUT2D eigenvalue weighted by Crippen LogP contribution is -2.47. The molecule has 0 amide bonds. The van der Waals surface area contributed by atoms with E-state index in [2.05, 4.69) is 43.3 Å². The van der Waals surface area contributed by atoms with Crippen LogP contribution in [0.5, 0.6) is 0 Å². The molecule has 0 bridgehead atoms. The summed E-state index contributed by atoms with van der Waals surface area (Å²) in [6.45, 7) is 10.1. The monoisotopic (exact) mass is 409 g/mol. The topological polar surface area (TPSA) is 36.4 Å². The molecule has 0 aliphatic carbocycles. The normalized spacial score (nSPS) is 11.8. The van der Waals surface area contributed by atoms with E-state index in [1.54, 1.807) is 0 Å². The summed E-state index contributed by atoms with van der Waals surface area (Å²) in [6, 6.07) is 7.92. The highest BCUT2D eigenvalue weighted by molar-refractivity contribution is 14.0. The largest absolute Gasteiger partial charge is 0.357 e. The summed E-state index contributed by atoms with van der Waals surface area (Å²) in [5, 5.41) is 7.40. The van der Waals surface area contributed by atoms with Crippen molar-refractivity contribution in [3.63, 3.8) is 0 Å². The molecule has 3 nitrogen and oxygen atoms in total. The Morgan fingerprint density at radius 3 is 2.30 bits per heavy atom. The molecule has 0 spiro atoms. The molecule has 114 valence electrons. The summed E-state index contributed by atoms with van der Waals surface area (Å²) in [6.07, 6.45) is 0.915. The molecule has 1 aromatic carbocycles. The van der Waals surface area contributed by atoms with Crippen LogP contribution in [0, 0.1) is 0 Å². The van der Waals surface area contributed by atoms with Gasteiger partial charge < -0.3 is 10.6 Å². The lowest BCUT2D eigenvalue weighted by atomic mass is 10.1. The van der Waals surface area contributed by atoms with Gasteiger partial charge in [-0.1, -0.05) is 23.7 Å². The summed E-state index contributed by atoms with van der Waals surface area (Å²) < 4.78 is 0. The zero-order valence-corrected chi connectivity index (χ0v) is 15.8. The molecule has 0 heterocycles. The molecule has 1 rings (SSSR count). The van der Waals surface area contributed by atoms with Crippen molar-refractivity contribution in [2.45, 2.75) is 39.7 Å². The molecule has 1 aromatic rings. The van der Waals surface area contributed by atoms with Crippen molar-refractivity contribution in [1.29, 1.82) is 0 Å². The standard InChI is InChI=1S/C15H24ClN3.HI/c1-5-17-14(19-15(2,3)4)18-11-10-12-6-8-13(16)9-7-12;/h6-9H,5,10-11H2,1-4H3,(H2,17,18,19);1H. The number of aliphatic imine (C=N–C) groups is 1. The number of hydrogen-bond donors (Lipinski definition) is 2. The molecule has 0 saturated heterocycles. The van der Waals surface area contributed by atoms with E-state index < -0.39 is 0 Å². The second kappa shape index (κ2) is 9.45. The SMILES string of the molecule is CCNC(=NCCc1ccc(Cl)cc1)NC(C)(C)C.I. The van der Waals surface area contributed by atoms with Crippen LogP contribution in [0.25, 0.3) is 0 Å². The van der Waals surface area contributed by atoms with Crippen molar-refractivity contribution < 1.29 is 0 Å². The van der Waals surface area contributed by atoms with Crippen molar-refractivity contribution in [3.8, 4) is 0 Å². The van der Waals surface area contributed by atoms with Crippen molar-refractivity contribution >= 4 is 41.5 Å². The molecule has 0 radical (unpaired) electrons. The Kier molecular flexibility index (Phi) is 9.22. The zero-order chi connectivity index (χ0) is 14.3. The number of rotatable bonds is 4. The molecule has 0 atom stereocenters. The van der Waals surface area contributed by atoms with E-state index in [4.69, 9.17) is 11.6 Å². The summed E-state index contributed by atoms with van der Waals surface area (Å²) >= 11 is 5.86. The van der Waals surface area contributed by atoms with E-state index in [9.17, 15) is 0 Å². The Labute approximate surface area is 144 Å². The Morgan fingerprint density at radius 2 is 1.80 bits per heavy atom. The number of halogens is 2. The fraction of sp³-hybridized carbons (Fsp3) is 0.533. The van der Waals surface area contributed by atoms with E-state index in [1.165, 1.54) is 5.56 Å². The zero-order valence-electron chi connectivity index (χ0n) is 12.7. The van der Waals surface area contributed by atoms with Gasteiger partial charge in [-0.2, -0.15) is 0 Å². The van der Waals surface area contributed by atoms with Gasteiger partial charge in [-0.3, -0.25) is 4.99 Å². The number of guanidine groups is 1.